The van der Waals surface area contributed by atoms with Crippen LogP contribution < -0.4 is 10.1 Å². The first kappa shape index (κ1) is 21.5. The van der Waals surface area contributed by atoms with Crippen LogP contribution in [-0.4, -0.2) is 21.7 Å². The van der Waals surface area contributed by atoms with E-state index in [1.54, 1.807) is 48.5 Å². The van der Waals surface area contributed by atoms with Gasteiger partial charge in [0.2, 0.25) is 0 Å². The van der Waals surface area contributed by atoms with E-state index in [4.69, 9.17) is 4.74 Å². The Balaban J connectivity index is 1.42. The molecule has 7 heteroatoms. The van der Waals surface area contributed by atoms with Gasteiger partial charge in [-0.15, -0.1) is 0 Å². The smallest absolute Gasteiger partial charge is 0.266 e. The molecule has 0 saturated heterocycles. The van der Waals surface area contributed by atoms with Crippen LogP contribution in [-0.2, 0) is 11.4 Å². The van der Waals surface area contributed by atoms with E-state index in [0.717, 1.165) is 16.9 Å². The second kappa shape index (κ2) is 9.62. The van der Waals surface area contributed by atoms with E-state index in [2.05, 4.69) is 15.3 Å². The SMILES string of the molecule is CC(=O)c1ccccc1NC(=O)/C(C#N)=C\c1ccc(OCc2nc3ccccc3[nH]2)cc1. The Morgan fingerprint density at radius 3 is 2.52 bits per heavy atom. The highest BCUT2D eigenvalue weighted by molar-refractivity contribution is 6.12. The Kier molecular flexibility index (Phi) is 6.28. The van der Waals surface area contributed by atoms with Gasteiger partial charge in [-0.05, 0) is 55.0 Å². The molecular formula is C26H20N4O3. The molecule has 0 spiro atoms. The zero-order chi connectivity index (χ0) is 23.2. The van der Waals surface area contributed by atoms with E-state index in [9.17, 15) is 14.9 Å². The molecule has 162 valence electrons. The molecule has 0 saturated carbocycles. The number of benzene rings is 3. The molecule has 0 aliphatic rings. The number of carbonyl (C=O) groups is 2. The van der Waals surface area contributed by atoms with Crippen molar-refractivity contribution >= 4 is 34.5 Å². The average molecular weight is 436 g/mol. The summed E-state index contributed by atoms with van der Waals surface area (Å²) in [5.74, 6) is 0.587. The zero-order valence-corrected chi connectivity index (χ0v) is 17.8. The third-order valence-corrected chi connectivity index (χ3v) is 4.92. The molecule has 33 heavy (non-hydrogen) atoms. The van der Waals surface area contributed by atoms with Gasteiger partial charge >= 0.3 is 0 Å². The minimum Gasteiger partial charge on any atom is -0.486 e. The first-order valence-corrected chi connectivity index (χ1v) is 10.2. The molecule has 0 fully saturated rings. The Morgan fingerprint density at radius 1 is 1.06 bits per heavy atom. The number of hydrogen-bond acceptors (Lipinski definition) is 5. The van der Waals surface area contributed by atoms with Gasteiger partial charge in [0.25, 0.3) is 5.91 Å². The molecule has 7 nitrogen and oxygen atoms in total. The number of ketones is 1. The van der Waals surface area contributed by atoms with Crippen molar-refractivity contribution in [2.24, 2.45) is 0 Å². The predicted molar refractivity (Wildman–Crippen MR) is 126 cm³/mol. The number of para-hydroxylation sites is 3. The number of Topliss-reactive ketones (excluding diaryl/α,β-unsaturated/α-hetero) is 1. The van der Waals surface area contributed by atoms with Crippen LogP contribution in [0.15, 0.2) is 78.4 Å². The highest BCUT2D eigenvalue weighted by atomic mass is 16.5. The second-order valence-electron chi connectivity index (χ2n) is 7.28. The minimum atomic E-state index is -0.587. The molecule has 0 aliphatic heterocycles. The van der Waals surface area contributed by atoms with Crippen LogP contribution in [0, 0.1) is 11.3 Å². The van der Waals surface area contributed by atoms with Crippen molar-refractivity contribution in [2.75, 3.05) is 5.32 Å². The molecule has 3 aromatic carbocycles. The van der Waals surface area contributed by atoms with Crippen LogP contribution >= 0.6 is 0 Å². The molecule has 0 radical (unpaired) electrons. The number of rotatable bonds is 7. The van der Waals surface area contributed by atoms with Crippen molar-refractivity contribution in [2.45, 2.75) is 13.5 Å². The molecule has 1 amide bonds. The number of fused-ring (bicyclic) bond motifs is 1. The first-order chi connectivity index (χ1) is 16.0. The highest BCUT2D eigenvalue weighted by Gasteiger charge is 2.13. The summed E-state index contributed by atoms with van der Waals surface area (Å²) in [4.78, 5) is 32.0. The van der Waals surface area contributed by atoms with Gasteiger partial charge in [-0.1, -0.05) is 36.4 Å². The fourth-order valence-corrected chi connectivity index (χ4v) is 3.29. The maximum absolute atomic E-state index is 12.6. The maximum Gasteiger partial charge on any atom is 0.266 e. The summed E-state index contributed by atoms with van der Waals surface area (Å²) in [6.45, 7) is 1.70. The van der Waals surface area contributed by atoms with Gasteiger partial charge in [0.15, 0.2) is 5.78 Å². The van der Waals surface area contributed by atoms with E-state index < -0.39 is 5.91 Å². The molecule has 1 heterocycles. The molecule has 2 N–H and O–H groups in total. The van der Waals surface area contributed by atoms with Gasteiger partial charge in [-0.25, -0.2) is 4.98 Å². The largest absolute Gasteiger partial charge is 0.486 e. The molecule has 0 unspecified atom stereocenters. The van der Waals surface area contributed by atoms with Crippen LogP contribution in [0.1, 0.15) is 28.7 Å². The third kappa shape index (κ3) is 5.14. The van der Waals surface area contributed by atoms with Crippen LogP contribution in [0.5, 0.6) is 5.75 Å². The number of anilines is 1. The molecular weight excluding hydrogens is 416 g/mol. The van der Waals surface area contributed by atoms with E-state index >= 15 is 0 Å². The number of nitrogens with zero attached hydrogens (tertiary/aromatic N) is 2. The van der Waals surface area contributed by atoms with E-state index in [-0.39, 0.29) is 18.0 Å². The summed E-state index contributed by atoms with van der Waals surface area (Å²) in [7, 11) is 0. The van der Waals surface area contributed by atoms with Gasteiger partial charge in [0, 0.05) is 5.56 Å². The predicted octanol–water partition coefficient (Wildman–Crippen LogP) is 4.89. The van der Waals surface area contributed by atoms with Crippen LogP contribution in [0.25, 0.3) is 17.1 Å². The van der Waals surface area contributed by atoms with Gasteiger partial charge in [-0.2, -0.15) is 5.26 Å². The van der Waals surface area contributed by atoms with E-state index in [1.165, 1.54) is 13.0 Å². The van der Waals surface area contributed by atoms with E-state index in [0.29, 0.717) is 22.6 Å². The number of aromatic amines is 1. The molecule has 4 aromatic rings. The number of nitrogens with one attached hydrogen (secondary N) is 2. The lowest BCUT2D eigenvalue weighted by molar-refractivity contribution is -0.112. The Morgan fingerprint density at radius 2 is 1.79 bits per heavy atom. The van der Waals surface area contributed by atoms with E-state index in [1.807, 2.05) is 30.3 Å². The van der Waals surface area contributed by atoms with Gasteiger partial charge in [-0.3, -0.25) is 9.59 Å². The molecule has 1 aromatic heterocycles. The van der Waals surface area contributed by atoms with Crippen LogP contribution in [0.3, 0.4) is 0 Å². The van der Waals surface area contributed by atoms with Crippen molar-refractivity contribution < 1.29 is 14.3 Å². The number of hydrogen-bond donors (Lipinski definition) is 2. The Hall–Kier alpha value is -4.70. The first-order valence-electron chi connectivity index (χ1n) is 10.2. The van der Waals surface area contributed by atoms with Crippen molar-refractivity contribution in [3.05, 3.63) is 95.3 Å². The summed E-state index contributed by atoms with van der Waals surface area (Å²) >= 11 is 0. The van der Waals surface area contributed by atoms with Crippen LogP contribution in [0.4, 0.5) is 5.69 Å². The number of nitriles is 1. The lowest BCUT2D eigenvalue weighted by Gasteiger charge is -2.08. The lowest BCUT2D eigenvalue weighted by atomic mass is 10.1. The topological polar surface area (TPSA) is 108 Å². The van der Waals surface area contributed by atoms with Crippen LogP contribution in [0.2, 0.25) is 0 Å². The summed E-state index contributed by atoms with van der Waals surface area (Å²) < 4.78 is 5.78. The van der Waals surface area contributed by atoms with Crippen molar-refractivity contribution in [1.82, 2.24) is 9.97 Å². The summed E-state index contributed by atoms with van der Waals surface area (Å²) in [6, 6.07) is 23.3. The molecule has 0 aliphatic carbocycles. The van der Waals surface area contributed by atoms with Crippen molar-refractivity contribution in [3.8, 4) is 11.8 Å². The van der Waals surface area contributed by atoms with Crippen molar-refractivity contribution in [3.63, 3.8) is 0 Å². The second-order valence-corrected chi connectivity index (χ2v) is 7.28. The number of carbonyl (C=O) groups excluding carboxylic acids is 2. The number of ether oxygens (including phenoxy) is 1. The summed E-state index contributed by atoms with van der Waals surface area (Å²) in [6.07, 6.45) is 1.48. The minimum absolute atomic E-state index is 0.0794. The number of aromatic nitrogens is 2. The summed E-state index contributed by atoms with van der Waals surface area (Å²) in [5, 5.41) is 12.1. The fraction of sp³-hybridized carbons (Fsp3) is 0.0769. The monoisotopic (exact) mass is 436 g/mol. The molecule has 4 rings (SSSR count). The number of amides is 1. The van der Waals surface area contributed by atoms with Gasteiger partial charge in [0.1, 0.15) is 29.8 Å². The Bertz CT molecular complexity index is 1360. The highest BCUT2D eigenvalue weighted by Crippen LogP contribution is 2.19. The fourth-order valence-electron chi connectivity index (χ4n) is 3.29. The number of imidazole rings is 1. The quantitative estimate of drug-likeness (QED) is 0.244. The van der Waals surface area contributed by atoms with Gasteiger partial charge in [0.05, 0.1) is 16.7 Å². The Labute approximate surface area is 190 Å². The van der Waals surface area contributed by atoms with Gasteiger partial charge < -0.3 is 15.0 Å². The average Bonchev–Trinajstić information content (AvgIpc) is 3.25. The number of H-pyrrole nitrogens is 1. The molecule has 0 bridgehead atoms. The zero-order valence-electron chi connectivity index (χ0n) is 17.8. The molecule has 0 atom stereocenters. The summed E-state index contributed by atoms with van der Waals surface area (Å²) in [5.41, 5.74) is 3.16. The third-order valence-electron chi connectivity index (χ3n) is 4.92. The van der Waals surface area contributed by atoms with Crippen molar-refractivity contribution in [1.29, 1.82) is 5.26 Å². The standard InChI is InChI=1S/C26H20N4O3/c1-17(31)21-6-2-3-7-22(21)30-26(32)19(15-27)14-18-10-12-20(13-11-18)33-16-25-28-23-8-4-5-9-24(23)29-25/h2-14H,16H2,1H3,(H,28,29)(H,30,32)/b19-14-. The maximum atomic E-state index is 12.6. The normalized spacial score (nSPS) is 11.1. The lowest BCUT2D eigenvalue weighted by Crippen LogP contribution is -2.15.